The topological polar surface area (TPSA) is 45.3 Å². The molecule has 0 saturated heterocycles. The lowest BCUT2D eigenvalue weighted by atomic mass is 10.2. The van der Waals surface area contributed by atoms with Crippen LogP contribution in [-0.4, -0.2) is 29.6 Å². The van der Waals surface area contributed by atoms with Crippen LogP contribution < -0.4 is 0 Å². The van der Waals surface area contributed by atoms with Crippen molar-refractivity contribution in [2.45, 2.75) is 13.5 Å². The minimum atomic E-state index is -0.294. The molecular formula is C13H16N2O2. The number of carbonyl (C=O) groups is 1. The third-order valence-corrected chi connectivity index (χ3v) is 2.66. The number of rotatable bonds is 3. The lowest BCUT2D eigenvalue weighted by Gasteiger charge is -2.15. The molecule has 0 bridgehead atoms. The first-order valence-electron chi connectivity index (χ1n) is 5.65. The SMILES string of the molecule is CCOC(=O)N(C)Cc1c[nH]c2ccccc12. The Bertz CT molecular complexity index is 519. The number of hydrogen-bond donors (Lipinski definition) is 1. The number of carbonyl (C=O) groups excluding carboxylic acids is 1. The first-order chi connectivity index (χ1) is 8.22. The highest BCUT2D eigenvalue weighted by atomic mass is 16.5. The van der Waals surface area contributed by atoms with Gasteiger partial charge in [0.2, 0.25) is 0 Å². The highest BCUT2D eigenvalue weighted by Gasteiger charge is 2.11. The Hall–Kier alpha value is -1.97. The molecule has 0 fully saturated rings. The quantitative estimate of drug-likeness (QED) is 0.884. The Balaban J connectivity index is 2.16. The van der Waals surface area contributed by atoms with Crippen LogP contribution in [0.25, 0.3) is 10.9 Å². The van der Waals surface area contributed by atoms with Crippen LogP contribution in [0.5, 0.6) is 0 Å². The molecule has 4 heteroatoms. The molecule has 90 valence electrons. The zero-order chi connectivity index (χ0) is 12.3. The Morgan fingerprint density at radius 3 is 2.94 bits per heavy atom. The van der Waals surface area contributed by atoms with Crippen LogP contribution >= 0.6 is 0 Å². The van der Waals surface area contributed by atoms with Crippen molar-refractivity contribution in [3.63, 3.8) is 0 Å². The van der Waals surface area contributed by atoms with Gasteiger partial charge in [0.1, 0.15) is 0 Å². The third-order valence-electron chi connectivity index (χ3n) is 2.66. The summed E-state index contributed by atoms with van der Waals surface area (Å²) in [5.74, 6) is 0. The fourth-order valence-corrected chi connectivity index (χ4v) is 1.82. The molecule has 2 aromatic rings. The van der Waals surface area contributed by atoms with Crippen LogP contribution in [-0.2, 0) is 11.3 Å². The summed E-state index contributed by atoms with van der Waals surface area (Å²) in [5.41, 5.74) is 2.18. The maximum atomic E-state index is 11.5. The molecule has 0 radical (unpaired) electrons. The fourth-order valence-electron chi connectivity index (χ4n) is 1.82. The van der Waals surface area contributed by atoms with Crippen LogP contribution in [0, 0.1) is 0 Å². The molecule has 0 saturated carbocycles. The van der Waals surface area contributed by atoms with E-state index in [1.807, 2.05) is 30.5 Å². The van der Waals surface area contributed by atoms with E-state index < -0.39 is 0 Å². The van der Waals surface area contributed by atoms with E-state index in [4.69, 9.17) is 4.74 Å². The van der Waals surface area contributed by atoms with Crippen molar-refractivity contribution in [3.05, 3.63) is 36.0 Å². The van der Waals surface area contributed by atoms with Crippen LogP contribution in [0.1, 0.15) is 12.5 Å². The van der Waals surface area contributed by atoms with Crippen LogP contribution in [0.3, 0.4) is 0 Å². The molecule has 1 aromatic carbocycles. The number of ether oxygens (including phenoxy) is 1. The van der Waals surface area contributed by atoms with E-state index in [-0.39, 0.29) is 6.09 Å². The lowest BCUT2D eigenvalue weighted by molar-refractivity contribution is 0.114. The summed E-state index contributed by atoms with van der Waals surface area (Å²) in [5, 5.41) is 1.14. The van der Waals surface area contributed by atoms with Crippen molar-refractivity contribution < 1.29 is 9.53 Å². The third kappa shape index (κ3) is 2.41. The van der Waals surface area contributed by atoms with Gasteiger partial charge >= 0.3 is 6.09 Å². The molecule has 17 heavy (non-hydrogen) atoms. The van der Waals surface area contributed by atoms with Gasteiger partial charge in [0.25, 0.3) is 0 Å². The number of aromatic amines is 1. The zero-order valence-electron chi connectivity index (χ0n) is 10.1. The first kappa shape index (κ1) is 11.5. The summed E-state index contributed by atoms with van der Waals surface area (Å²) in [6.45, 7) is 2.75. The normalized spacial score (nSPS) is 10.5. The second kappa shape index (κ2) is 4.91. The predicted octanol–water partition coefficient (Wildman–Crippen LogP) is 2.76. The number of aromatic nitrogens is 1. The lowest BCUT2D eigenvalue weighted by Crippen LogP contribution is -2.26. The number of fused-ring (bicyclic) bond motifs is 1. The van der Waals surface area contributed by atoms with E-state index in [0.29, 0.717) is 13.2 Å². The van der Waals surface area contributed by atoms with E-state index in [0.717, 1.165) is 16.5 Å². The highest BCUT2D eigenvalue weighted by molar-refractivity contribution is 5.83. The molecule has 1 N–H and O–H groups in total. The van der Waals surface area contributed by atoms with Gasteiger partial charge in [-0.25, -0.2) is 4.79 Å². The minimum absolute atomic E-state index is 0.294. The second-order valence-electron chi connectivity index (χ2n) is 3.91. The summed E-state index contributed by atoms with van der Waals surface area (Å²) < 4.78 is 4.94. The number of nitrogens with zero attached hydrogens (tertiary/aromatic N) is 1. The molecule has 1 amide bonds. The van der Waals surface area contributed by atoms with Gasteiger partial charge in [0.15, 0.2) is 0 Å². The van der Waals surface area contributed by atoms with E-state index in [1.54, 1.807) is 18.9 Å². The average Bonchev–Trinajstić information content (AvgIpc) is 2.73. The predicted molar refractivity (Wildman–Crippen MR) is 66.8 cm³/mol. The number of hydrogen-bond acceptors (Lipinski definition) is 2. The maximum Gasteiger partial charge on any atom is 0.409 e. The van der Waals surface area contributed by atoms with Gasteiger partial charge < -0.3 is 14.6 Å². The molecular weight excluding hydrogens is 216 g/mol. The van der Waals surface area contributed by atoms with Gasteiger partial charge in [-0.3, -0.25) is 0 Å². The average molecular weight is 232 g/mol. The van der Waals surface area contributed by atoms with E-state index in [1.165, 1.54) is 0 Å². The first-order valence-corrected chi connectivity index (χ1v) is 5.65. The van der Waals surface area contributed by atoms with Gasteiger partial charge in [-0.05, 0) is 18.6 Å². The van der Waals surface area contributed by atoms with Crippen molar-refractivity contribution in [2.24, 2.45) is 0 Å². The summed E-state index contributed by atoms with van der Waals surface area (Å²) >= 11 is 0. The Morgan fingerprint density at radius 1 is 1.41 bits per heavy atom. The molecule has 1 aromatic heterocycles. The molecule has 0 aliphatic heterocycles. The van der Waals surface area contributed by atoms with Gasteiger partial charge in [0.05, 0.1) is 13.2 Å². The van der Waals surface area contributed by atoms with E-state index >= 15 is 0 Å². The zero-order valence-corrected chi connectivity index (χ0v) is 10.1. The summed E-state index contributed by atoms with van der Waals surface area (Å²) in [4.78, 5) is 16.3. The molecule has 0 atom stereocenters. The smallest absolute Gasteiger partial charge is 0.409 e. The van der Waals surface area contributed by atoms with E-state index in [9.17, 15) is 4.79 Å². The van der Waals surface area contributed by atoms with Gasteiger partial charge in [-0.2, -0.15) is 0 Å². The van der Waals surface area contributed by atoms with Crippen LogP contribution in [0.4, 0.5) is 4.79 Å². The second-order valence-corrected chi connectivity index (χ2v) is 3.91. The standard InChI is InChI=1S/C13H16N2O2/c1-3-17-13(16)15(2)9-10-8-14-12-7-5-4-6-11(10)12/h4-8,14H,3,9H2,1-2H3. The van der Waals surface area contributed by atoms with Crippen LogP contribution in [0.15, 0.2) is 30.5 Å². The molecule has 1 heterocycles. The minimum Gasteiger partial charge on any atom is -0.450 e. The monoisotopic (exact) mass is 232 g/mol. The van der Waals surface area contributed by atoms with Gasteiger partial charge in [-0.1, -0.05) is 18.2 Å². The number of nitrogens with one attached hydrogen (secondary N) is 1. The fraction of sp³-hybridized carbons (Fsp3) is 0.308. The molecule has 0 spiro atoms. The summed E-state index contributed by atoms with van der Waals surface area (Å²) in [6.07, 6.45) is 1.64. The van der Waals surface area contributed by atoms with E-state index in [2.05, 4.69) is 4.98 Å². The van der Waals surface area contributed by atoms with Gasteiger partial charge in [0, 0.05) is 24.1 Å². The summed E-state index contributed by atoms with van der Waals surface area (Å²) in [7, 11) is 1.74. The molecule has 4 nitrogen and oxygen atoms in total. The van der Waals surface area contributed by atoms with Crippen LogP contribution in [0.2, 0.25) is 0 Å². The van der Waals surface area contributed by atoms with Crippen molar-refractivity contribution >= 4 is 17.0 Å². The maximum absolute atomic E-state index is 11.5. The van der Waals surface area contributed by atoms with Crippen molar-refractivity contribution in [3.8, 4) is 0 Å². The Labute approximate surface area is 100 Å². The largest absolute Gasteiger partial charge is 0.450 e. The van der Waals surface area contributed by atoms with Crippen molar-refractivity contribution in [1.29, 1.82) is 0 Å². The number of benzene rings is 1. The Kier molecular flexibility index (Phi) is 3.32. The summed E-state index contributed by atoms with van der Waals surface area (Å²) in [6, 6.07) is 8.03. The van der Waals surface area contributed by atoms with Crippen molar-refractivity contribution in [2.75, 3.05) is 13.7 Å². The molecule has 2 rings (SSSR count). The number of para-hydroxylation sites is 1. The molecule has 0 aliphatic rings. The number of amides is 1. The molecule has 0 aliphatic carbocycles. The highest BCUT2D eigenvalue weighted by Crippen LogP contribution is 2.18. The van der Waals surface area contributed by atoms with Crippen molar-refractivity contribution in [1.82, 2.24) is 9.88 Å². The molecule has 0 unspecified atom stereocenters. The Morgan fingerprint density at radius 2 is 2.18 bits per heavy atom. The van der Waals surface area contributed by atoms with Gasteiger partial charge in [-0.15, -0.1) is 0 Å². The number of H-pyrrole nitrogens is 1.